The number of nitrogens with one attached hydrogen (secondary N) is 1. The van der Waals surface area contributed by atoms with Crippen molar-refractivity contribution in [2.75, 3.05) is 5.32 Å². The number of aryl methyl sites for hydroxylation is 2. The predicted molar refractivity (Wildman–Crippen MR) is 74.3 cm³/mol. The summed E-state index contributed by atoms with van der Waals surface area (Å²) in [6.45, 7) is 3.23. The van der Waals surface area contributed by atoms with E-state index in [0.29, 0.717) is 0 Å². The number of carbonyl (C=O) groups is 1. The smallest absolute Gasteiger partial charge is 0.237 e. The van der Waals surface area contributed by atoms with Crippen molar-refractivity contribution in [2.24, 2.45) is 16.3 Å². The van der Waals surface area contributed by atoms with E-state index in [0.717, 1.165) is 18.5 Å². The van der Waals surface area contributed by atoms with Crippen LogP contribution < -0.4 is 11.1 Å². The van der Waals surface area contributed by atoms with Crippen LogP contribution in [0.4, 0.5) is 5.69 Å². The molecule has 0 spiro atoms. The van der Waals surface area contributed by atoms with Gasteiger partial charge in [-0.1, -0.05) is 11.2 Å². The first-order valence-electron chi connectivity index (χ1n) is 6.36. The van der Waals surface area contributed by atoms with Crippen molar-refractivity contribution in [1.82, 2.24) is 0 Å². The fourth-order valence-corrected chi connectivity index (χ4v) is 2.18. The minimum atomic E-state index is -1.05. The summed E-state index contributed by atoms with van der Waals surface area (Å²) >= 11 is 0. The number of amidine groups is 1. The monoisotopic (exact) mass is 261 g/mol. The maximum atomic E-state index is 12.2. The molecule has 0 aliphatic heterocycles. The van der Waals surface area contributed by atoms with Gasteiger partial charge in [-0.15, -0.1) is 0 Å². The third kappa shape index (κ3) is 2.54. The lowest BCUT2D eigenvalue weighted by Crippen LogP contribution is -2.42. The van der Waals surface area contributed by atoms with Gasteiger partial charge < -0.3 is 16.3 Å². The van der Waals surface area contributed by atoms with Gasteiger partial charge in [-0.3, -0.25) is 4.79 Å². The van der Waals surface area contributed by atoms with Gasteiger partial charge in [0, 0.05) is 5.69 Å². The SMILES string of the molecule is CC(C)(C(=O)Nc1ccc2c(c1)CCC2)C(N)=NO. The van der Waals surface area contributed by atoms with Gasteiger partial charge in [0.05, 0.1) is 0 Å². The molecule has 19 heavy (non-hydrogen) atoms. The van der Waals surface area contributed by atoms with E-state index in [9.17, 15) is 4.79 Å². The molecule has 5 nitrogen and oxygen atoms in total. The molecule has 5 heteroatoms. The zero-order valence-corrected chi connectivity index (χ0v) is 11.2. The standard InChI is InChI=1S/C14H19N3O2/c1-14(2,12(15)17-19)13(18)16-11-7-6-9-4-3-5-10(9)8-11/h6-8,19H,3-5H2,1-2H3,(H2,15,17)(H,16,18). The van der Waals surface area contributed by atoms with Gasteiger partial charge in [-0.05, 0) is 56.4 Å². The highest BCUT2D eigenvalue weighted by molar-refractivity contribution is 6.11. The summed E-state index contributed by atoms with van der Waals surface area (Å²) in [5.41, 5.74) is 7.89. The van der Waals surface area contributed by atoms with E-state index >= 15 is 0 Å². The molecule has 1 aliphatic carbocycles. The highest BCUT2D eigenvalue weighted by Crippen LogP contribution is 2.26. The van der Waals surface area contributed by atoms with Crippen molar-refractivity contribution in [3.8, 4) is 0 Å². The largest absolute Gasteiger partial charge is 0.409 e. The number of hydrogen-bond donors (Lipinski definition) is 3. The topological polar surface area (TPSA) is 87.7 Å². The zero-order chi connectivity index (χ0) is 14.0. The normalized spacial score (nSPS) is 15.2. The van der Waals surface area contributed by atoms with Crippen molar-refractivity contribution in [1.29, 1.82) is 0 Å². The molecule has 1 aromatic rings. The summed E-state index contributed by atoms with van der Waals surface area (Å²) in [7, 11) is 0. The van der Waals surface area contributed by atoms with Gasteiger partial charge in [-0.2, -0.15) is 0 Å². The Morgan fingerprint density at radius 1 is 1.37 bits per heavy atom. The number of amides is 1. The van der Waals surface area contributed by atoms with Gasteiger partial charge in [0.15, 0.2) is 5.84 Å². The van der Waals surface area contributed by atoms with Crippen LogP contribution >= 0.6 is 0 Å². The maximum Gasteiger partial charge on any atom is 0.237 e. The molecule has 0 radical (unpaired) electrons. The highest BCUT2D eigenvalue weighted by atomic mass is 16.4. The summed E-state index contributed by atoms with van der Waals surface area (Å²) in [5, 5.41) is 14.4. The van der Waals surface area contributed by atoms with Crippen LogP contribution in [-0.4, -0.2) is 17.0 Å². The van der Waals surface area contributed by atoms with Gasteiger partial charge in [0.2, 0.25) is 5.91 Å². The van der Waals surface area contributed by atoms with Crippen molar-refractivity contribution in [3.05, 3.63) is 29.3 Å². The molecule has 1 aliphatic rings. The summed E-state index contributed by atoms with van der Waals surface area (Å²) < 4.78 is 0. The Balaban J connectivity index is 2.15. The number of nitrogens with zero attached hydrogens (tertiary/aromatic N) is 1. The van der Waals surface area contributed by atoms with Crippen LogP contribution in [-0.2, 0) is 17.6 Å². The van der Waals surface area contributed by atoms with E-state index in [4.69, 9.17) is 10.9 Å². The lowest BCUT2D eigenvalue weighted by Gasteiger charge is -2.22. The van der Waals surface area contributed by atoms with Crippen LogP contribution in [0.3, 0.4) is 0 Å². The number of rotatable bonds is 3. The van der Waals surface area contributed by atoms with Gasteiger partial charge in [0.25, 0.3) is 0 Å². The molecular weight excluding hydrogens is 242 g/mol. The highest BCUT2D eigenvalue weighted by Gasteiger charge is 2.33. The minimum absolute atomic E-state index is 0.105. The van der Waals surface area contributed by atoms with E-state index < -0.39 is 5.41 Å². The molecule has 0 heterocycles. The van der Waals surface area contributed by atoms with Crippen LogP contribution in [0.2, 0.25) is 0 Å². The van der Waals surface area contributed by atoms with Crippen LogP contribution in [0.5, 0.6) is 0 Å². The van der Waals surface area contributed by atoms with Crippen LogP contribution in [0, 0.1) is 5.41 Å². The van der Waals surface area contributed by atoms with E-state index in [1.807, 2.05) is 12.1 Å². The average Bonchev–Trinajstić information content (AvgIpc) is 2.84. The molecule has 0 saturated heterocycles. The Morgan fingerprint density at radius 3 is 2.74 bits per heavy atom. The van der Waals surface area contributed by atoms with Gasteiger partial charge >= 0.3 is 0 Å². The first kappa shape index (κ1) is 13.4. The van der Waals surface area contributed by atoms with Crippen LogP contribution in [0.15, 0.2) is 23.4 Å². The lowest BCUT2D eigenvalue weighted by molar-refractivity contribution is -0.121. The molecule has 1 amide bonds. The van der Waals surface area contributed by atoms with Crippen molar-refractivity contribution in [3.63, 3.8) is 0 Å². The number of fused-ring (bicyclic) bond motifs is 1. The fraction of sp³-hybridized carbons (Fsp3) is 0.429. The molecule has 0 aromatic heterocycles. The van der Waals surface area contributed by atoms with E-state index in [1.54, 1.807) is 13.8 Å². The van der Waals surface area contributed by atoms with Crippen LogP contribution in [0.25, 0.3) is 0 Å². The van der Waals surface area contributed by atoms with Gasteiger partial charge in [-0.25, -0.2) is 0 Å². The van der Waals surface area contributed by atoms with Crippen molar-refractivity contribution < 1.29 is 10.0 Å². The molecule has 102 valence electrons. The second kappa shape index (κ2) is 4.91. The van der Waals surface area contributed by atoms with Crippen LogP contribution in [0.1, 0.15) is 31.4 Å². The summed E-state index contributed by atoms with van der Waals surface area (Å²) in [6, 6.07) is 5.95. The Hall–Kier alpha value is -2.04. The maximum absolute atomic E-state index is 12.2. The molecule has 0 atom stereocenters. The number of benzene rings is 1. The van der Waals surface area contributed by atoms with E-state index in [2.05, 4.69) is 16.5 Å². The number of hydrogen-bond acceptors (Lipinski definition) is 3. The second-order valence-electron chi connectivity index (χ2n) is 5.40. The molecule has 0 bridgehead atoms. The first-order valence-corrected chi connectivity index (χ1v) is 6.36. The second-order valence-corrected chi connectivity index (χ2v) is 5.40. The predicted octanol–water partition coefficient (Wildman–Crippen LogP) is 1.89. The molecule has 0 fully saturated rings. The molecule has 2 rings (SSSR count). The number of nitrogens with two attached hydrogens (primary N) is 1. The number of oxime groups is 1. The number of carbonyl (C=O) groups excluding carboxylic acids is 1. The Bertz CT molecular complexity index is 535. The molecule has 4 N–H and O–H groups in total. The van der Waals surface area contributed by atoms with E-state index in [1.165, 1.54) is 17.5 Å². The minimum Gasteiger partial charge on any atom is -0.409 e. The zero-order valence-electron chi connectivity index (χ0n) is 11.2. The quantitative estimate of drug-likeness (QED) is 0.336. The van der Waals surface area contributed by atoms with Gasteiger partial charge in [0.1, 0.15) is 5.41 Å². The third-order valence-electron chi connectivity index (χ3n) is 3.67. The Labute approximate surface area is 112 Å². The Kier molecular flexibility index (Phi) is 3.46. The Morgan fingerprint density at radius 2 is 2.05 bits per heavy atom. The molecule has 0 unspecified atom stereocenters. The third-order valence-corrected chi connectivity index (χ3v) is 3.67. The summed E-state index contributed by atoms with van der Waals surface area (Å²) in [4.78, 5) is 12.2. The number of anilines is 1. The molecule has 0 saturated carbocycles. The molecule has 1 aromatic carbocycles. The van der Waals surface area contributed by atoms with E-state index in [-0.39, 0.29) is 11.7 Å². The van der Waals surface area contributed by atoms with Crippen molar-refractivity contribution >= 4 is 17.4 Å². The average molecular weight is 261 g/mol. The molecular formula is C14H19N3O2. The summed E-state index contributed by atoms with van der Waals surface area (Å²) in [6.07, 6.45) is 3.34. The fourth-order valence-electron chi connectivity index (χ4n) is 2.18. The lowest BCUT2D eigenvalue weighted by atomic mass is 9.91. The van der Waals surface area contributed by atoms with Crippen molar-refractivity contribution in [2.45, 2.75) is 33.1 Å². The summed E-state index contributed by atoms with van der Waals surface area (Å²) in [5.74, 6) is -0.396. The first-order chi connectivity index (χ1) is 8.95.